The molecule has 0 bridgehead atoms. The van der Waals surface area contributed by atoms with Gasteiger partial charge in [-0.25, -0.2) is 0 Å². The molecule has 0 aromatic rings. The standard InChI is InChI=1S/C22H42N4O2/c1-2-23-22(24-12-16-28-21-7-5-3-4-6-8-21)25-20-9-13-26(14-10-20)17-19-11-15-27-18-19/h19-21H,2-18H2,1H3,(H2,23,24,25). The molecule has 0 amide bonds. The van der Waals surface area contributed by atoms with Gasteiger partial charge in [0.25, 0.3) is 0 Å². The van der Waals surface area contributed by atoms with E-state index in [1.54, 1.807) is 0 Å². The molecule has 3 aliphatic rings. The predicted octanol–water partition coefficient (Wildman–Crippen LogP) is 2.78. The summed E-state index contributed by atoms with van der Waals surface area (Å²) >= 11 is 0. The second-order valence-corrected chi connectivity index (χ2v) is 8.69. The maximum absolute atomic E-state index is 6.08. The highest BCUT2D eigenvalue weighted by Crippen LogP contribution is 2.20. The van der Waals surface area contributed by atoms with Crippen LogP contribution in [0.3, 0.4) is 0 Å². The Balaban J connectivity index is 1.33. The lowest BCUT2D eigenvalue weighted by Gasteiger charge is -2.34. The average Bonchev–Trinajstić information content (AvgIpc) is 3.08. The molecular weight excluding hydrogens is 352 g/mol. The molecule has 6 heteroatoms. The summed E-state index contributed by atoms with van der Waals surface area (Å²) in [5, 5.41) is 7.05. The highest BCUT2D eigenvalue weighted by Gasteiger charge is 2.24. The molecule has 1 aliphatic carbocycles. The molecule has 1 unspecified atom stereocenters. The lowest BCUT2D eigenvalue weighted by atomic mass is 10.0. The first-order chi connectivity index (χ1) is 13.8. The smallest absolute Gasteiger partial charge is 0.191 e. The first-order valence-electron chi connectivity index (χ1n) is 11.8. The fourth-order valence-electron chi connectivity index (χ4n) is 4.65. The van der Waals surface area contributed by atoms with E-state index >= 15 is 0 Å². The molecule has 2 saturated heterocycles. The second kappa shape index (κ2) is 12.7. The van der Waals surface area contributed by atoms with Gasteiger partial charge < -0.3 is 25.0 Å². The Kier molecular flexibility index (Phi) is 9.88. The van der Waals surface area contributed by atoms with Crippen molar-refractivity contribution in [2.45, 2.75) is 76.9 Å². The minimum atomic E-state index is 0.461. The zero-order valence-electron chi connectivity index (χ0n) is 18.0. The van der Waals surface area contributed by atoms with Gasteiger partial charge in [0.05, 0.1) is 25.9 Å². The summed E-state index contributed by atoms with van der Waals surface area (Å²) in [5.41, 5.74) is 0. The highest BCUT2D eigenvalue weighted by atomic mass is 16.5. The number of nitrogens with zero attached hydrogens (tertiary/aromatic N) is 2. The molecule has 3 fully saturated rings. The summed E-state index contributed by atoms with van der Waals surface area (Å²) in [6.45, 7) is 9.99. The van der Waals surface area contributed by atoms with Crippen molar-refractivity contribution in [2.75, 3.05) is 52.5 Å². The largest absolute Gasteiger partial charge is 0.381 e. The summed E-state index contributed by atoms with van der Waals surface area (Å²) in [7, 11) is 0. The number of hydrogen-bond donors (Lipinski definition) is 2. The summed E-state index contributed by atoms with van der Waals surface area (Å²) in [4.78, 5) is 7.37. The zero-order chi connectivity index (χ0) is 19.4. The molecule has 2 aliphatic heterocycles. The Morgan fingerprint density at radius 3 is 2.54 bits per heavy atom. The first kappa shape index (κ1) is 21.8. The van der Waals surface area contributed by atoms with E-state index in [4.69, 9.17) is 14.5 Å². The molecule has 1 atom stereocenters. The number of hydrogen-bond acceptors (Lipinski definition) is 4. The van der Waals surface area contributed by atoms with Gasteiger partial charge in [0.2, 0.25) is 0 Å². The van der Waals surface area contributed by atoms with E-state index < -0.39 is 0 Å². The van der Waals surface area contributed by atoms with Crippen LogP contribution in [-0.2, 0) is 9.47 Å². The maximum atomic E-state index is 6.08. The molecule has 2 heterocycles. The third-order valence-electron chi connectivity index (χ3n) is 6.33. The minimum absolute atomic E-state index is 0.461. The predicted molar refractivity (Wildman–Crippen MR) is 115 cm³/mol. The Bertz CT molecular complexity index is 438. The lowest BCUT2D eigenvalue weighted by molar-refractivity contribution is 0.0487. The molecule has 6 nitrogen and oxygen atoms in total. The molecule has 3 rings (SSSR count). The number of likely N-dealkylation sites (tertiary alicyclic amines) is 1. The van der Waals surface area contributed by atoms with E-state index in [1.165, 1.54) is 77.4 Å². The lowest BCUT2D eigenvalue weighted by Crippen LogP contribution is -2.49. The minimum Gasteiger partial charge on any atom is -0.381 e. The molecule has 2 N–H and O–H groups in total. The molecule has 162 valence electrons. The van der Waals surface area contributed by atoms with Crippen LogP contribution in [0.25, 0.3) is 0 Å². The molecule has 0 aromatic heterocycles. The van der Waals surface area contributed by atoms with Crippen LogP contribution in [0, 0.1) is 5.92 Å². The summed E-state index contributed by atoms with van der Waals surface area (Å²) in [6.07, 6.45) is 11.9. The second-order valence-electron chi connectivity index (χ2n) is 8.69. The number of piperidine rings is 1. The zero-order valence-corrected chi connectivity index (χ0v) is 18.0. The van der Waals surface area contributed by atoms with Crippen molar-refractivity contribution in [3.8, 4) is 0 Å². The molecule has 0 spiro atoms. The van der Waals surface area contributed by atoms with Crippen molar-refractivity contribution in [2.24, 2.45) is 10.9 Å². The van der Waals surface area contributed by atoms with Crippen molar-refractivity contribution >= 4 is 5.96 Å². The van der Waals surface area contributed by atoms with Crippen molar-refractivity contribution in [1.29, 1.82) is 0 Å². The van der Waals surface area contributed by atoms with Gasteiger partial charge >= 0.3 is 0 Å². The van der Waals surface area contributed by atoms with Gasteiger partial charge in [-0.3, -0.25) is 4.99 Å². The monoisotopic (exact) mass is 394 g/mol. The van der Waals surface area contributed by atoms with Gasteiger partial charge in [0.15, 0.2) is 5.96 Å². The van der Waals surface area contributed by atoms with Crippen LogP contribution >= 0.6 is 0 Å². The van der Waals surface area contributed by atoms with Crippen LogP contribution in [-0.4, -0.2) is 75.5 Å². The van der Waals surface area contributed by atoms with Crippen LogP contribution < -0.4 is 10.6 Å². The number of nitrogens with one attached hydrogen (secondary N) is 2. The maximum Gasteiger partial charge on any atom is 0.191 e. The van der Waals surface area contributed by atoms with Crippen LogP contribution in [0.1, 0.15) is 64.7 Å². The fraction of sp³-hybridized carbons (Fsp3) is 0.955. The van der Waals surface area contributed by atoms with Gasteiger partial charge in [-0.2, -0.15) is 0 Å². The quantitative estimate of drug-likeness (QED) is 0.287. The van der Waals surface area contributed by atoms with E-state index in [1.807, 2.05) is 0 Å². The Labute approximate surface area is 171 Å². The van der Waals surface area contributed by atoms with Gasteiger partial charge in [-0.15, -0.1) is 0 Å². The highest BCUT2D eigenvalue weighted by molar-refractivity contribution is 5.80. The number of guanidine groups is 1. The Morgan fingerprint density at radius 2 is 1.86 bits per heavy atom. The number of ether oxygens (including phenoxy) is 2. The summed E-state index contributed by atoms with van der Waals surface area (Å²) in [5.74, 6) is 1.70. The fourth-order valence-corrected chi connectivity index (χ4v) is 4.65. The van der Waals surface area contributed by atoms with Gasteiger partial charge in [-0.1, -0.05) is 25.7 Å². The van der Waals surface area contributed by atoms with E-state index in [-0.39, 0.29) is 0 Å². The van der Waals surface area contributed by atoms with Gasteiger partial charge in [0.1, 0.15) is 0 Å². The first-order valence-corrected chi connectivity index (χ1v) is 11.8. The van der Waals surface area contributed by atoms with Crippen molar-refractivity contribution in [1.82, 2.24) is 15.5 Å². The summed E-state index contributed by atoms with van der Waals surface area (Å²) in [6, 6.07) is 0.525. The Morgan fingerprint density at radius 1 is 1.07 bits per heavy atom. The molecule has 1 saturated carbocycles. The van der Waals surface area contributed by atoms with Crippen LogP contribution in [0.4, 0.5) is 0 Å². The topological polar surface area (TPSA) is 58.1 Å². The third kappa shape index (κ3) is 7.88. The van der Waals surface area contributed by atoms with Crippen molar-refractivity contribution < 1.29 is 9.47 Å². The van der Waals surface area contributed by atoms with Crippen LogP contribution in [0.15, 0.2) is 4.99 Å². The summed E-state index contributed by atoms with van der Waals surface area (Å²) < 4.78 is 11.6. The van der Waals surface area contributed by atoms with E-state index in [9.17, 15) is 0 Å². The van der Waals surface area contributed by atoms with Crippen molar-refractivity contribution in [3.63, 3.8) is 0 Å². The van der Waals surface area contributed by atoms with Crippen LogP contribution in [0.5, 0.6) is 0 Å². The Hall–Kier alpha value is -0.850. The SMILES string of the molecule is CCNC(=NCCOC1CCCCCC1)NC1CCN(CC2CCOC2)CC1. The normalized spacial score (nSPS) is 26.3. The van der Waals surface area contributed by atoms with Crippen LogP contribution in [0.2, 0.25) is 0 Å². The van der Waals surface area contributed by atoms with E-state index in [0.717, 1.165) is 44.8 Å². The molecule has 28 heavy (non-hydrogen) atoms. The van der Waals surface area contributed by atoms with Gasteiger partial charge in [-0.05, 0) is 44.9 Å². The number of aliphatic imine (C=N–C) groups is 1. The number of rotatable bonds is 8. The molecule has 0 aromatic carbocycles. The molecular formula is C22H42N4O2. The molecule has 0 radical (unpaired) electrons. The van der Waals surface area contributed by atoms with E-state index in [2.05, 4.69) is 22.5 Å². The van der Waals surface area contributed by atoms with Crippen molar-refractivity contribution in [3.05, 3.63) is 0 Å². The average molecular weight is 395 g/mol. The third-order valence-corrected chi connectivity index (χ3v) is 6.33. The van der Waals surface area contributed by atoms with Gasteiger partial charge in [0, 0.05) is 38.8 Å². The van der Waals surface area contributed by atoms with E-state index in [0.29, 0.717) is 12.1 Å².